The summed E-state index contributed by atoms with van der Waals surface area (Å²) in [5.74, 6) is 0.937. The first-order valence-electron chi connectivity index (χ1n) is 9.60. The van der Waals surface area contributed by atoms with Crippen LogP contribution in [0.1, 0.15) is 22.8 Å². The highest BCUT2D eigenvalue weighted by Crippen LogP contribution is 2.38. The molecule has 33 heavy (non-hydrogen) atoms. The van der Waals surface area contributed by atoms with E-state index in [2.05, 4.69) is 15.2 Å². The van der Waals surface area contributed by atoms with Crippen LogP contribution >= 0.6 is 11.3 Å². The summed E-state index contributed by atoms with van der Waals surface area (Å²) in [6.07, 6.45) is 0. The molecule has 3 rings (SSSR count). The van der Waals surface area contributed by atoms with E-state index in [1.54, 1.807) is 30.5 Å². The summed E-state index contributed by atoms with van der Waals surface area (Å²) in [7, 11) is 0.885. The third-order valence-corrected chi connectivity index (χ3v) is 7.35. The van der Waals surface area contributed by atoms with Gasteiger partial charge in [-0.3, -0.25) is 9.52 Å². The number of sulfonamides is 1. The Morgan fingerprint density at radius 3 is 2.09 bits per heavy atom. The van der Waals surface area contributed by atoms with Gasteiger partial charge >= 0.3 is 0 Å². The molecule has 0 fully saturated rings. The lowest BCUT2D eigenvalue weighted by atomic mass is 10.1. The number of ether oxygens (including phenoxy) is 3. The van der Waals surface area contributed by atoms with Gasteiger partial charge in [-0.2, -0.15) is 5.10 Å². The lowest BCUT2D eigenvalue weighted by Crippen LogP contribution is -2.19. The van der Waals surface area contributed by atoms with E-state index < -0.39 is 15.9 Å². The predicted molar refractivity (Wildman–Crippen MR) is 127 cm³/mol. The van der Waals surface area contributed by atoms with Crippen molar-refractivity contribution >= 4 is 38.7 Å². The summed E-state index contributed by atoms with van der Waals surface area (Å²) < 4.78 is 43.3. The summed E-state index contributed by atoms with van der Waals surface area (Å²) in [4.78, 5) is 12.5. The number of hydrazone groups is 1. The number of rotatable bonds is 9. The molecule has 2 N–H and O–H groups in total. The Morgan fingerprint density at radius 1 is 0.939 bits per heavy atom. The number of methoxy groups -OCH3 is 3. The van der Waals surface area contributed by atoms with E-state index in [0.717, 1.165) is 11.3 Å². The molecule has 0 aliphatic rings. The van der Waals surface area contributed by atoms with Gasteiger partial charge in [0.15, 0.2) is 11.5 Å². The Morgan fingerprint density at radius 2 is 1.58 bits per heavy atom. The first kappa shape index (κ1) is 24.1. The average Bonchev–Trinajstić information content (AvgIpc) is 3.37. The van der Waals surface area contributed by atoms with Crippen LogP contribution in [0.4, 0.5) is 5.69 Å². The van der Waals surface area contributed by atoms with Gasteiger partial charge in [0.2, 0.25) is 5.75 Å². The molecule has 0 spiro atoms. The maximum absolute atomic E-state index is 12.5. The minimum absolute atomic E-state index is 0.209. The molecule has 2 aromatic carbocycles. The molecule has 0 radical (unpaired) electrons. The molecule has 11 heteroatoms. The van der Waals surface area contributed by atoms with Crippen LogP contribution < -0.4 is 24.4 Å². The molecular formula is C22H23N3O6S2. The molecule has 0 aliphatic carbocycles. The summed E-state index contributed by atoms with van der Waals surface area (Å²) in [5.41, 5.74) is 4.34. The molecule has 3 aromatic rings. The molecule has 9 nitrogen and oxygen atoms in total. The van der Waals surface area contributed by atoms with E-state index in [4.69, 9.17) is 14.2 Å². The van der Waals surface area contributed by atoms with Crippen molar-refractivity contribution in [1.82, 2.24) is 5.43 Å². The first-order valence-corrected chi connectivity index (χ1v) is 12.0. The standard InChI is InChI=1S/C22H23N3O6S2/c1-14(16-12-18(29-2)21(31-4)19(13-16)30-3)23-24-22(26)15-7-9-17(10-8-15)25-33(27,28)20-6-5-11-32-20/h5-13,25H,1-4H3,(H,24,26). The Bertz CT molecular complexity index is 1230. The van der Waals surface area contributed by atoms with E-state index in [-0.39, 0.29) is 4.21 Å². The largest absolute Gasteiger partial charge is 0.493 e. The van der Waals surface area contributed by atoms with Crippen molar-refractivity contribution in [3.63, 3.8) is 0 Å². The van der Waals surface area contributed by atoms with Crippen LogP contribution in [0.3, 0.4) is 0 Å². The molecule has 0 atom stereocenters. The van der Waals surface area contributed by atoms with Gasteiger partial charge in [0, 0.05) is 16.8 Å². The molecule has 1 amide bonds. The fraction of sp³-hybridized carbons (Fsp3) is 0.182. The van der Waals surface area contributed by atoms with Crippen molar-refractivity contribution in [2.75, 3.05) is 26.1 Å². The average molecular weight is 490 g/mol. The Kier molecular flexibility index (Phi) is 7.56. The fourth-order valence-electron chi connectivity index (χ4n) is 2.87. The van der Waals surface area contributed by atoms with Crippen molar-refractivity contribution in [2.45, 2.75) is 11.1 Å². The van der Waals surface area contributed by atoms with E-state index in [9.17, 15) is 13.2 Å². The topological polar surface area (TPSA) is 115 Å². The van der Waals surface area contributed by atoms with E-state index in [1.807, 2.05) is 0 Å². The molecule has 0 unspecified atom stereocenters. The summed E-state index contributed by atoms with van der Waals surface area (Å²) >= 11 is 1.12. The van der Waals surface area contributed by atoms with Gasteiger partial charge in [0.05, 0.1) is 27.0 Å². The SMILES string of the molecule is COc1cc(C(C)=NNC(=O)c2ccc(NS(=O)(=O)c3cccs3)cc2)cc(OC)c1OC. The predicted octanol–water partition coefficient (Wildman–Crippen LogP) is 3.73. The smallest absolute Gasteiger partial charge is 0.271 e. The summed E-state index contributed by atoms with van der Waals surface area (Å²) in [5, 5.41) is 5.83. The van der Waals surface area contributed by atoms with Crippen molar-refractivity contribution in [3.05, 3.63) is 65.0 Å². The number of nitrogens with one attached hydrogen (secondary N) is 2. The van der Waals surface area contributed by atoms with Gasteiger partial charge in [-0.25, -0.2) is 13.8 Å². The lowest BCUT2D eigenvalue weighted by Gasteiger charge is -2.14. The second-order valence-corrected chi connectivity index (χ2v) is 9.52. The number of hydrogen-bond acceptors (Lipinski definition) is 8. The molecule has 174 valence electrons. The zero-order chi connectivity index (χ0) is 24.0. The van der Waals surface area contributed by atoms with Gasteiger partial charge in [-0.15, -0.1) is 11.3 Å². The maximum Gasteiger partial charge on any atom is 0.271 e. The summed E-state index contributed by atoms with van der Waals surface area (Å²) in [6, 6.07) is 12.7. The zero-order valence-electron chi connectivity index (χ0n) is 18.4. The maximum atomic E-state index is 12.5. The van der Waals surface area contributed by atoms with Crippen LogP contribution in [0, 0.1) is 0 Å². The second-order valence-electron chi connectivity index (χ2n) is 6.67. The Hall–Kier alpha value is -3.57. The Labute approximate surface area is 196 Å². The number of carbonyl (C=O) groups is 1. The normalized spacial score (nSPS) is 11.6. The minimum atomic E-state index is -3.66. The van der Waals surface area contributed by atoms with Crippen LogP contribution in [0.25, 0.3) is 0 Å². The first-order chi connectivity index (χ1) is 15.8. The van der Waals surface area contributed by atoms with Crippen molar-refractivity contribution in [3.8, 4) is 17.2 Å². The van der Waals surface area contributed by atoms with Crippen LogP contribution in [0.2, 0.25) is 0 Å². The van der Waals surface area contributed by atoms with Gasteiger partial charge < -0.3 is 14.2 Å². The van der Waals surface area contributed by atoms with Crippen LogP contribution in [-0.2, 0) is 10.0 Å². The highest BCUT2D eigenvalue weighted by molar-refractivity contribution is 7.94. The zero-order valence-corrected chi connectivity index (χ0v) is 20.0. The van der Waals surface area contributed by atoms with Crippen molar-refractivity contribution in [2.24, 2.45) is 5.10 Å². The van der Waals surface area contributed by atoms with Gasteiger partial charge in [0.25, 0.3) is 15.9 Å². The second kappa shape index (κ2) is 10.4. The monoisotopic (exact) mass is 489 g/mol. The minimum Gasteiger partial charge on any atom is -0.493 e. The lowest BCUT2D eigenvalue weighted by molar-refractivity contribution is 0.0955. The van der Waals surface area contributed by atoms with Crippen LogP contribution in [-0.4, -0.2) is 41.4 Å². The highest BCUT2D eigenvalue weighted by Gasteiger charge is 2.16. The number of thiophene rings is 1. The number of benzene rings is 2. The quantitative estimate of drug-likeness (QED) is 0.350. The van der Waals surface area contributed by atoms with E-state index in [1.165, 1.54) is 51.7 Å². The molecule has 0 saturated carbocycles. The Balaban J connectivity index is 1.71. The number of hydrogen-bond donors (Lipinski definition) is 2. The van der Waals surface area contributed by atoms with Crippen molar-refractivity contribution in [1.29, 1.82) is 0 Å². The van der Waals surface area contributed by atoms with Gasteiger partial charge in [-0.05, 0) is 54.8 Å². The molecule has 1 aromatic heterocycles. The highest BCUT2D eigenvalue weighted by atomic mass is 32.2. The van der Waals surface area contributed by atoms with Crippen LogP contribution in [0.5, 0.6) is 17.2 Å². The number of anilines is 1. The molecular weight excluding hydrogens is 466 g/mol. The van der Waals surface area contributed by atoms with E-state index >= 15 is 0 Å². The van der Waals surface area contributed by atoms with Crippen molar-refractivity contribution < 1.29 is 27.4 Å². The van der Waals surface area contributed by atoms with E-state index in [0.29, 0.717) is 39.8 Å². The molecule has 0 bridgehead atoms. The van der Waals surface area contributed by atoms with Gasteiger partial charge in [-0.1, -0.05) is 6.07 Å². The fourth-order valence-corrected chi connectivity index (χ4v) is 4.92. The summed E-state index contributed by atoms with van der Waals surface area (Å²) in [6.45, 7) is 1.73. The third-order valence-electron chi connectivity index (χ3n) is 4.57. The van der Waals surface area contributed by atoms with Crippen LogP contribution in [0.15, 0.2) is 63.2 Å². The third kappa shape index (κ3) is 5.62. The molecule has 0 aliphatic heterocycles. The molecule has 0 saturated heterocycles. The number of amides is 1. The molecule has 1 heterocycles. The number of nitrogens with zero attached hydrogens (tertiary/aromatic N) is 1. The van der Waals surface area contributed by atoms with Gasteiger partial charge in [0.1, 0.15) is 4.21 Å². The number of carbonyl (C=O) groups excluding carboxylic acids is 1.